The van der Waals surface area contributed by atoms with Crippen LogP contribution in [0.5, 0.6) is 0 Å². The van der Waals surface area contributed by atoms with Gasteiger partial charge in [0.1, 0.15) is 17.0 Å². The summed E-state index contributed by atoms with van der Waals surface area (Å²) in [4.78, 5) is 27.9. The van der Waals surface area contributed by atoms with Crippen LogP contribution in [-0.4, -0.2) is 72.3 Å². The first-order chi connectivity index (χ1) is 16.8. The van der Waals surface area contributed by atoms with Gasteiger partial charge < -0.3 is 10.6 Å². The van der Waals surface area contributed by atoms with Crippen molar-refractivity contribution >= 4 is 27.2 Å². The lowest BCUT2D eigenvalue weighted by Crippen LogP contribution is -2.46. The second-order valence-corrected chi connectivity index (χ2v) is 11.1. The van der Waals surface area contributed by atoms with E-state index >= 15 is 0 Å². The van der Waals surface area contributed by atoms with Gasteiger partial charge in [-0.15, -0.1) is 0 Å². The number of anilines is 1. The number of aromatic nitrogens is 7. The maximum atomic E-state index is 13.0. The van der Waals surface area contributed by atoms with Crippen molar-refractivity contribution in [1.82, 2.24) is 39.7 Å². The van der Waals surface area contributed by atoms with Crippen LogP contribution in [-0.2, 0) is 9.84 Å². The third-order valence-electron chi connectivity index (χ3n) is 6.98. The number of amides is 1. The van der Waals surface area contributed by atoms with Gasteiger partial charge in [0, 0.05) is 47.8 Å². The number of nitrogens with one attached hydrogen (secondary N) is 1. The van der Waals surface area contributed by atoms with Crippen molar-refractivity contribution in [3.05, 3.63) is 48.6 Å². The molecule has 12 nitrogen and oxygen atoms in total. The van der Waals surface area contributed by atoms with Gasteiger partial charge in [0.15, 0.2) is 15.5 Å². The number of rotatable bonds is 4. The molecule has 2 bridgehead atoms. The number of sulfone groups is 1. The number of pyridine rings is 1. The first-order valence-electron chi connectivity index (χ1n) is 11.3. The molecular weight excluding hydrogens is 470 g/mol. The molecule has 35 heavy (non-hydrogen) atoms. The molecule has 1 amide bonds. The molecule has 0 aromatic carbocycles. The van der Waals surface area contributed by atoms with Gasteiger partial charge in [-0.1, -0.05) is 6.07 Å². The Labute approximate surface area is 200 Å². The van der Waals surface area contributed by atoms with Crippen molar-refractivity contribution in [3.63, 3.8) is 0 Å². The van der Waals surface area contributed by atoms with E-state index in [1.165, 1.54) is 10.8 Å². The maximum absolute atomic E-state index is 13.0. The number of carbonyl (C=O) groups excluding carboxylic acids is 1. The summed E-state index contributed by atoms with van der Waals surface area (Å²) in [6.45, 7) is 0. The van der Waals surface area contributed by atoms with Gasteiger partial charge in [-0.2, -0.15) is 14.7 Å². The molecule has 13 heteroatoms. The zero-order valence-electron chi connectivity index (χ0n) is 18.9. The number of aromatic amines is 1. The van der Waals surface area contributed by atoms with Crippen LogP contribution < -0.4 is 5.73 Å². The molecule has 2 atom stereocenters. The third kappa shape index (κ3) is 3.45. The van der Waals surface area contributed by atoms with Crippen LogP contribution in [0.15, 0.2) is 41.9 Å². The molecule has 0 spiro atoms. The fourth-order valence-electron chi connectivity index (χ4n) is 5.56. The molecule has 0 saturated carbocycles. The zero-order valence-corrected chi connectivity index (χ0v) is 19.7. The van der Waals surface area contributed by atoms with E-state index in [1.807, 2.05) is 17.0 Å². The first-order valence-corrected chi connectivity index (χ1v) is 13.2. The Bertz CT molecular complexity index is 1520. The number of carbonyl (C=O) groups is 1. The van der Waals surface area contributed by atoms with E-state index in [0.717, 1.165) is 24.7 Å². The molecule has 2 aliphatic heterocycles. The highest BCUT2D eigenvalue weighted by atomic mass is 32.2. The van der Waals surface area contributed by atoms with Gasteiger partial charge in [0.2, 0.25) is 5.82 Å². The minimum absolute atomic E-state index is 0.00486. The van der Waals surface area contributed by atoms with Gasteiger partial charge in [-0.25, -0.2) is 18.4 Å². The van der Waals surface area contributed by atoms with E-state index in [9.17, 15) is 13.2 Å². The molecule has 6 rings (SSSR count). The topological polar surface area (TPSA) is 165 Å². The molecule has 0 radical (unpaired) electrons. The maximum Gasteiger partial charge on any atom is 0.291 e. The Morgan fingerprint density at radius 1 is 1.20 bits per heavy atom. The summed E-state index contributed by atoms with van der Waals surface area (Å²) in [6.07, 6.45) is 10.3. The molecule has 4 aromatic rings. The van der Waals surface area contributed by atoms with E-state index in [1.54, 1.807) is 18.6 Å². The average Bonchev–Trinajstić information content (AvgIpc) is 3.57. The van der Waals surface area contributed by atoms with E-state index in [0.29, 0.717) is 29.7 Å². The monoisotopic (exact) mass is 493 g/mol. The molecule has 6 heterocycles. The van der Waals surface area contributed by atoms with Gasteiger partial charge in [-0.05, 0) is 31.7 Å². The predicted octanol–water partition coefficient (Wildman–Crippen LogP) is 1.45. The summed E-state index contributed by atoms with van der Waals surface area (Å²) in [5, 5.41) is 10.8. The second kappa shape index (κ2) is 7.83. The minimum Gasteiger partial charge on any atom is -0.382 e. The van der Waals surface area contributed by atoms with Gasteiger partial charge in [-0.3, -0.25) is 14.9 Å². The molecule has 4 aromatic heterocycles. The largest absolute Gasteiger partial charge is 0.382 e. The number of hydrogen-bond acceptors (Lipinski definition) is 9. The third-order valence-corrected chi connectivity index (χ3v) is 8.14. The van der Waals surface area contributed by atoms with Crippen molar-refractivity contribution < 1.29 is 13.2 Å². The number of fused-ring (bicyclic) bond motifs is 3. The summed E-state index contributed by atoms with van der Waals surface area (Å²) < 4.78 is 27.2. The van der Waals surface area contributed by atoms with Crippen LogP contribution >= 0.6 is 0 Å². The van der Waals surface area contributed by atoms with E-state index < -0.39 is 9.84 Å². The summed E-state index contributed by atoms with van der Waals surface area (Å²) >= 11 is 0. The Morgan fingerprint density at radius 3 is 2.60 bits per heavy atom. The smallest absolute Gasteiger partial charge is 0.291 e. The Kier molecular flexibility index (Phi) is 4.85. The molecule has 180 valence electrons. The number of nitrogens with two attached hydrogens (primary N) is 1. The first kappa shape index (κ1) is 21.6. The lowest BCUT2D eigenvalue weighted by atomic mass is 9.87. The van der Waals surface area contributed by atoms with E-state index in [-0.39, 0.29) is 40.4 Å². The van der Waals surface area contributed by atoms with E-state index in [4.69, 9.17) is 10.7 Å². The Morgan fingerprint density at radius 2 is 1.97 bits per heavy atom. The zero-order chi connectivity index (χ0) is 24.3. The molecule has 3 N–H and O–H groups in total. The second-order valence-electron chi connectivity index (χ2n) is 9.12. The number of H-pyrrole nitrogens is 1. The number of nitrogen functional groups attached to an aromatic ring is 1. The average molecular weight is 494 g/mol. The summed E-state index contributed by atoms with van der Waals surface area (Å²) in [5.41, 5.74) is 8.84. The number of piperidine rings is 1. The minimum atomic E-state index is -3.70. The fraction of sp³-hybridized carbons (Fsp3) is 0.364. The molecule has 0 aliphatic carbocycles. The van der Waals surface area contributed by atoms with Crippen LogP contribution in [0.4, 0.5) is 5.82 Å². The Balaban J connectivity index is 1.45. The molecule has 2 unspecified atom stereocenters. The standard InChI is InChI=1S/C22H23N9O3S/c1-35(33,34)18-17(28-21-16(10-27-31(21)19(18)23)12-3-2-6-24-9-12)13-7-14-4-5-15(8-13)30(14)22(32)20-25-11-26-29-20/h2-3,6,9-11,13-15H,4-5,7-8,23H2,1H3,(H,25,26,29). The van der Waals surface area contributed by atoms with Crippen molar-refractivity contribution in [2.45, 2.75) is 48.6 Å². The summed E-state index contributed by atoms with van der Waals surface area (Å²) in [7, 11) is -3.70. The quantitative estimate of drug-likeness (QED) is 0.428. The predicted molar refractivity (Wildman–Crippen MR) is 125 cm³/mol. The van der Waals surface area contributed by atoms with Gasteiger partial charge in [0.25, 0.3) is 5.91 Å². The fourth-order valence-corrected chi connectivity index (χ4v) is 6.62. The summed E-state index contributed by atoms with van der Waals surface area (Å²) in [6, 6.07) is 3.60. The van der Waals surface area contributed by atoms with Crippen molar-refractivity contribution in [2.24, 2.45) is 0 Å². The van der Waals surface area contributed by atoms with Crippen LogP contribution in [0.1, 0.15) is 47.9 Å². The van der Waals surface area contributed by atoms with Gasteiger partial charge in [0.05, 0.1) is 11.9 Å². The molecular formula is C22H23N9O3S. The lowest BCUT2D eigenvalue weighted by molar-refractivity contribution is 0.0556. The van der Waals surface area contributed by atoms with Crippen LogP contribution in [0, 0.1) is 0 Å². The lowest BCUT2D eigenvalue weighted by Gasteiger charge is -2.38. The number of nitrogens with zero attached hydrogens (tertiary/aromatic N) is 7. The van der Waals surface area contributed by atoms with E-state index in [2.05, 4.69) is 25.3 Å². The van der Waals surface area contributed by atoms with Crippen LogP contribution in [0.2, 0.25) is 0 Å². The SMILES string of the molecule is CS(=O)(=O)c1c(C2CC3CCC(C2)N3C(=O)c2ncn[nH]2)nc2c(-c3cccnc3)cnn2c1N. The summed E-state index contributed by atoms with van der Waals surface area (Å²) in [5.74, 6) is -0.120. The highest BCUT2D eigenvalue weighted by Crippen LogP contribution is 2.45. The van der Waals surface area contributed by atoms with Crippen molar-refractivity contribution in [2.75, 3.05) is 12.0 Å². The van der Waals surface area contributed by atoms with Crippen molar-refractivity contribution in [3.8, 4) is 11.1 Å². The highest BCUT2D eigenvalue weighted by Gasteiger charge is 2.46. The molecule has 2 aliphatic rings. The van der Waals surface area contributed by atoms with Crippen molar-refractivity contribution in [1.29, 1.82) is 0 Å². The number of hydrogen-bond donors (Lipinski definition) is 2. The van der Waals surface area contributed by atoms with Crippen LogP contribution in [0.3, 0.4) is 0 Å². The molecule has 2 saturated heterocycles. The van der Waals surface area contributed by atoms with Gasteiger partial charge >= 0.3 is 0 Å². The highest BCUT2D eigenvalue weighted by molar-refractivity contribution is 7.91. The Hall–Kier alpha value is -3.87. The van der Waals surface area contributed by atoms with Crippen LogP contribution in [0.25, 0.3) is 16.8 Å². The molecule has 2 fully saturated rings. The normalized spacial score (nSPS) is 22.1.